The number of hydrogen-bond donors (Lipinski definition) is 0. The molecule has 0 N–H and O–H groups in total. The standard InChI is InChI=1S/C15H19O4/c1-11-7-9-12(10-8-11)18-19-15(16)13-5-3-4-6-14(13)17-2/h3-6,11H,7-10H2,1-2H3. The molecule has 103 valence electrons. The summed E-state index contributed by atoms with van der Waals surface area (Å²) in [7, 11) is 1.52. The predicted molar refractivity (Wildman–Crippen MR) is 70.4 cm³/mol. The molecule has 1 fully saturated rings. The van der Waals surface area contributed by atoms with Crippen molar-refractivity contribution in [3.8, 4) is 5.75 Å². The van der Waals surface area contributed by atoms with Crippen molar-refractivity contribution in [2.24, 2.45) is 5.92 Å². The second kappa shape index (κ2) is 6.57. The molecule has 4 nitrogen and oxygen atoms in total. The SMILES string of the molecule is COc1ccccc1C(=O)OO[C]1CCC(C)CC1. The van der Waals surface area contributed by atoms with E-state index in [4.69, 9.17) is 14.5 Å². The maximum atomic E-state index is 11.9. The first-order chi connectivity index (χ1) is 9.20. The number of rotatable bonds is 4. The van der Waals surface area contributed by atoms with Crippen LogP contribution in [0.5, 0.6) is 5.75 Å². The Hall–Kier alpha value is -1.55. The summed E-state index contributed by atoms with van der Waals surface area (Å²) in [5.74, 6) is 0.680. The minimum absolute atomic E-state index is 0.370. The van der Waals surface area contributed by atoms with Gasteiger partial charge in [0.1, 0.15) is 17.4 Å². The monoisotopic (exact) mass is 263 g/mol. The van der Waals surface area contributed by atoms with Gasteiger partial charge >= 0.3 is 5.97 Å². The fourth-order valence-corrected chi connectivity index (χ4v) is 2.12. The van der Waals surface area contributed by atoms with Gasteiger partial charge in [0.2, 0.25) is 0 Å². The average Bonchev–Trinajstić information content (AvgIpc) is 2.46. The van der Waals surface area contributed by atoms with Gasteiger partial charge in [0, 0.05) is 0 Å². The van der Waals surface area contributed by atoms with Crippen molar-refractivity contribution in [3.05, 3.63) is 35.9 Å². The van der Waals surface area contributed by atoms with Crippen molar-refractivity contribution in [2.75, 3.05) is 7.11 Å². The minimum Gasteiger partial charge on any atom is -0.496 e. The zero-order valence-corrected chi connectivity index (χ0v) is 11.3. The highest BCUT2D eigenvalue weighted by molar-refractivity contribution is 5.92. The maximum absolute atomic E-state index is 11.9. The Balaban J connectivity index is 1.87. The van der Waals surface area contributed by atoms with Gasteiger partial charge in [-0.1, -0.05) is 19.1 Å². The van der Waals surface area contributed by atoms with Crippen LogP contribution in [0.2, 0.25) is 0 Å². The van der Waals surface area contributed by atoms with E-state index in [1.165, 1.54) is 7.11 Å². The van der Waals surface area contributed by atoms with Gasteiger partial charge in [-0.05, 0) is 43.7 Å². The average molecular weight is 263 g/mol. The van der Waals surface area contributed by atoms with E-state index in [9.17, 15) is 4.79 Å². The van der Waals surface area contributed by atoms with Gasteiger partial charge < -0.3 is 4.74 Å². The summed E-state index contributed by atoms with van der Waals surface area (Å²) in [6.45, 7) is 2.22. The molecule has 19 heavy (non-hydrogen) atoms. The third kappa shape index (κ3) is 3.70. The van der Waals surface area contributed by atoms with E-state index in [0.717, 1.165) is 37.7 Å². The van der Waals surface area contributed by atoms with Gasteiger partial charge in [-0.15, -0.1) is 0 Å². The number of hydrogen-bond acceptors (Lipinski definition) is 4. The molecule has 1 aliphatic carbocycles. The summed E-state index contributed by atoms with van der Waals surface area (Å²) >= 11 is 0. The number of para-hydroxylation sites is 1. The molecule has 0 heterocycles. The molecule has 0 unspecified atom stereocenters. The van der Waals surface area contributed by atoms with Crippen molar-refractivity contribution in [1.29, 1.82) is 0 Å². The van der Waals surface area contributed by atoms with Gasteiger partial charge in [0.25, 0.3) is 0 Å². The van der Waals surface area contributed by atoms with Crippen LogP contribution in [0, 0.1) is 12.0 Å². The predicted octanol–water partition coefficient (Wildman–Crippen LogP) is 3.53. The van der Waals surface area contributed by atoms with Gasteiger partial charge in [-0.2, -0.15) is 4.89 Å². The topological polar surface area (TPSA) is 44.8 Å². The van der Waals surface area contributed by atoms with Gasteiger partial charge in [0.05, 0.1) is 7.11 Å². The molecule has 4 heteroatoms. The van der Waals surface area contributed by atoms with Crippen LogP contribution < -0.4 is 4.74 Å². The molecule has 0 spiro atoms. The zero-order chi connectivity index (χ0) is 13.7. The quantitative estimate of drug-likeness (QED) is 0.616. The number of methoxy groups -OCH3 is 1. The summed E-state index contributed by atoms with van der Waals surface area (Å²) in [4.78, 5) is 21.9. The van der Waals surface area contributed by atoms with E-state index in [1.54, 1.807) is 24.3 Å². The Morgan fingerprint density at radius 3 is 2.58 bits per heavy atom. The smallest absolute Gasteiger partial charge is 0.376 e. The van der Waals surface area contributed by atoms with Crippen LogP contribution in [0.1, 0.15) is 43.0 Å². The van der Waals surface area contributed by atoms with Crippen molar-refractivity contribution < 1.29 is 19.3 Å². The number of carbonyl (C=O) groups is 1. The van der Waals surface area contributed by atoms with Crippen LogP contribution in [-0.2, 0) is 9.78 Å². The molecular formula is C15H19O4. The Kier molecular flexibility index (Phi) is 4.80. The molecule has 1 aliphatic rings. The lowest BCUT2D eigenvalue weighted by Crippen LogP contribution is -2.16. The minimum atomic E-state index is -0.524. The molecule has 0 aliphatic heterocycles. The lowest BCUT2D eigenvalue weighted by molar-refractivity contribution is -0.240. The fraction of sp³-hybridized carbons (Fsp3) is 0.467. The Bertz CT molecular complexity index is 422. The van der Waals surface area contributed by atoms with Crippen molar-refractivity contribution in [2.45, 2.75) is 32.6 Å². The number of carbonyl (C=O) groups excluding carboxylic acids is 1. The van der Waals surface area contributed by atoms with E-state index in [-0.39, 0.29) is 0 Å². The van der Waals surface area contributed by atoms with E-state index in [1.807, 2.05) is 0 Å². The molecule has 2 rings (SSSR count). The molecule has 0 aromatic heterocycles. The van der Waals surface area contributed by atoms with Gasteiger partial charge in [-0.25, -0.2) is 4.79 Å². The summed E-state index contributed by atoms with van der Waals surface area (Å²) in [5, 5.41) is 0. The molecule has 0 saturated heterocycles. The van der Waals surface area contributed by atoms with Crippen molar-refractivity contribution in [3.63, 3.8) is 0 Å². The summed E-state index contributed by atoms with van der Waals surface area (Å²) in [6.07, 6.45) is 4.74. The Labute approximate surface area is 113 Å². The normalized spacial score (nSPS) is 17.2. The van der Waals surface area contributed by atoms with Gasteiger partial charge in [0.15, 0.2) is 0 Å². The van der Waals surface area contributed by atoms with Gasteiger partial charge in [-0.3, -0.25) is 4.89 Å². The molecule has 1 saturated carbocycles. The molecular weight excluding hydrogens is 244 g/mol. The van der Waals surface area contributed by atoms with E-state index >= 15 is 0 Å². The molecule has 0 bridgehead atoms. The Morgan fingerprint density at radius 2 is 1.89 bits per heavy atom. The van der Waals surface area contributed by atoms with Crippen molar-refractivity contribution in [1.82, 2.24) is 0 Å². The van der Waals surface area contributed by atoms with E-state index < -0.39 is 5.97 Å². The van der Waals surface area contributed by atoms with Crippen LogP contribution in [-0.4, -0.2) is 13.1 Å². The summed E-state index contributed by atoms with van der Waals surface area (Å²) < 4.78 is 5.11. The third-order valence-corrected chi connectivity index (χ3v) is 3.39. The molecule has 1 aromatic carbocycles. The lowest BCUT2D eigenvalue weighted by atomic mass is 9.89. The van der Waals surface area contributed by atoms with E-state index in [0.29, 0.717) is 11.3 Å². The summed E-state index contributed by atoms with van der Waals surface area (Å²) in [5.41, 5.74) is 0.370. The maximum Gasteiger partial charge on any atom is 0.376 e. The second-order valence-electron chi connectivity index (χ2n) is 4.88. The molecule has 1 radical (unpaired) electrons. The highest BCUT2D eigenvalue weighted by Crippen LogP contribution is 2.31. The largest absolute Gasteiger partial charge is 0.496 e. The number of ether oxygens (including phenoxy) is 1. The van der Waals surface area contributed by atoms with Crippen LogP contribution in [0.25, 0.3) is 0 Å². The fourth-order valence-electron chi connectivity index (χ4n) is 2.12. The zero-order valence-electron chi connectivity index (χ0n) is 11.3. The van der Waals surface area contributed by atoms with Crippen LogP contribution in [0.15, 0.2) is 24.3 Å². The van der Waals surface area contributed by atoms with Crippen LogP contribution >= 0.6 is 0 Å². The van der Waals surface area contributed by atoms with Crippen LogP contribution in [0.4, 0.5) is 0 Å². The van der Waals surface area contributed by atoms with Crippen LogP contribution in [0.3, 0.4) is 0 Å². The lowest BCUT2D eigenvalue weighted by Gasteiger charge is -2.23. The first-order valence-electron chi connectivity index (χ1n) is 6.57. The first kappa shape index (κ1) is 13.9. The second-order valence-corrected chi connectivity index (χ2v) is 4.88. The molecule has 1 aromatic rings. The highest BCUT2D eigenvalue weighted by atomic mass is 17.2. The molecule has 0 amide bonds. The number of benzene rings is 1. The highest BCUT2D eigenvalue weighted by Gasteiger charge is 2.23. The van der Waals surface area contributed by atoms with E-state index in [2.05, 4.69) is 6.92 Å². The first-order valence-corrected chi connectivity index (χ1v) is 6.57. The Morgan fingerprint density at radius 1 is 1.21 bits per heavy atom. The molecule has 0 atom stereocenters. The van der Waals surface area contributed by atoms with Crippen molar-refractivity contribution >= 4 is 5.97 Å². The third-order valence-electron chi connectivity index (χ3n) is 3.39. The summed E-state index contributed by atoms with van der Waals surface area (Å²) in [6, 6.07) is 6.92.